The number of piperidine rings is 1. The predicted octanol–water partition coefficient (Wildman–Crippen LogP) is 0.427. The fourth-order valence-electron chi connectivity index (χ4n) is 4.40. The number of hydrogen-bond acceptors (Lipinski definition) is 8. The molecule has 1 unspecified atom stereocenters. The third-order valence-corrected chi connectivity index (χ3v) is 6.50. The first-order valence-corrected chi connectivity index (χ1v) is 12.5. The highest BCUT2D eigenvalue weighted by Crippen LogP contribution is 2.23. The number of rotatable bonds is 6. The first-order chi connectivity index (χ1) is 18.4. The van der Waals surface area contributed by atoms with E-state index in [1.165, 1.54) is 18.2 Å². The van der Waals surface area contributed by atoms with Crippen molar-refractivity contribution >= 4 is 29.1 Å². The molecule has 196 valence electrons. The third kappa shape index (κ3) is 5.00. The monoisotopic (exact) mass is 519 g/mol. The van der Waals surface area contributed by atoms with Gasteiger partial charge in [-0.1, -0.05) is 0 Å². The molecule has 1 saturated heterocycles. The van der Waals surface area contributed by atoms with Crippen molar-refractivity contribution in [3.05, 3.63) is 68.7 Å². The number of H-pyrrole nitrogens is 2. The molecule has 0 radical (unpaired) electrons. The van der Waals surface area contributed by atoms with Gasteiger partial charge in [0, 0.05) is 29.4 Å². The molecule has 1 saturated carbocycles. The van der Waals surface area contributed by atoms with E-state index in [9.17, 15) is 14.7 Å². The second kappa shape index (κ2) is 9.74. The number of carbonyl (C=O) groups excluding carboxylic acids is 1. The Kier molecular flexibility index (Phi) is 6.12. The van der Waals surface area contributed by atoms with Crippen molar-refractivity contribution in [1.82, 2.24) is 35.2 Å². The van der Waals surface area contributed by atoms with Crippen LogP contribution in [-0.4, -0.2) is 60.8 Å². The molecule has 6 rings (SSSR count). The molecule has 13 heteroatoms. The normalized spacial score (nSPS) is 18.7. The van der Waals surface area contributed by atoms with Crippen LogP contribution in [0.2, 0.25) is 0 Å². The SMILES string of the molecule is O=C(NC1CCCNC1)c1ccc(Nc2cc(=NC3CC3)n3nc/c(=C\c4[nH]c(=O)[nH]c4O)c3n2)c(F)c1. The minimum absolute atomic E-state index is 0.0225. The molecule has 6 N–H and O–H groups in total. The highest BCUT2D eigenvalue weighted by Gasteiger charge is 2.21. The number of nitrogens with one attached hydrogen (secondary N) is 5. The predicted molar refractivity (Wildman–Crippen MR) is 136 cm³/mol. The molecule has 2 fully saturated rings. The van der Waals surface area contributed by atoms with Crippen molar-refractivity contribution < 1.29 is 14.3 Å². The summed E-state index contributed by atoms with van der Waals surface area (Å²) in [4.78, 5) is 38.2. The lowest BCUT2D eigenvalue weighted by molar-refractivity contribution is 0.0930. The Morgan fingerprint density at radius 3 is 2.82 bits per heavy atom. The molecule has 3 aromatic heterocycles. The molecule has 0 spiro atoms. The van der Waals surface area contributed by atoms with E-state index in [2.05, 4.69) is 36.0 Å². The molecule has 1 amide bonds. The number of nitrogens with zero attached hydrogens (tertiary/aromatic N) is 4. The van der Waals surface area contributed by atoms with Gasteiger partial charge in [-0.3, -0.25) is 14.8 Å². The number of halogens is 1. The second-order valence-electron chi connectivity index (χ2n) is 9.52. The molecule has 0 bridgehead atoms. The molecule has 4 aromatic rings. The first kappa shape index (κ1) is 23.9. The van der Waals surface area contributed by atoms with Crippen LogP contribution in [0.5, 0.6) is 5.88 Å². The van der Waals surface area contributed by atoms with Gasteiger partial charge in [0.15, 0.2) is 11.1 Å². The Balaban J connectivity index is 1.32. The lowest BCUT2D eigenvalue weighted by atomic mass is 10.1. The lowest BCUT2D eigenvalue weighted by Crippen LogP contribution is -2.45. The van der Waals surface area contributed by atoms with Gasteiger partial charge in [0.2, 0.25) is 5.88 Å². The maximum atomic E-state index is 15.1. The Labute approximate surface area is 214 Å². The van der Waals surface area contributed by atoms with Crippen molar-refractivity contribution in [1.29, 1.82) is 0 Å². The molecule has 38 heavy (non-hydrogen) atoms. The molecule has 1 aliphatic heterocycles. The van der Waals surface area contributed by atoms with Crippen LogP contribution in [0.1, 0.15) is 41.7 Å². The van der Waals surface area contributed by atoms with E-state index in [0.29, 0.717) is 28.7 Å². The summed E-state index contributed by atoms with van der Waals surface area (Å²) in [6, 6.07) is 6.14. The van der Waals surface area contributed by atoms with Gasteiger partial charge in [-0.25, -0.2) is 14.2 Å². The topological polar surface area (TPSA) is 165 Å². The molecule has 12 nitrogen and oxygen atoms in total. The van der Waals surface area contributed by atoms with Crippen LogP contribution in [0.3, 0.4) is 0 Å². The van der Waals surface area contributed by atoms with E-state index in [1.807, 2.05) is 0 Å². The summed E-state index contributed by atoms with van der Waals surface area (Å²) in [6.45, 7) is 1.63. The summed E-state index contributed by atoms with van der Waals surface area (Å²) in [5.41, 5.74) is 0.937. The van der Waals surface area contributed by atoms with Crippen molar-refractivity contribution in [3.8, 4) is 5.88 Å². The van der Waals surface area contributed by atoms with Gasteiger partial charge < -0.3 is 26.0 Å². The molecular formula is C25H26FN9O3. The largest absolute Gasteiger partial charge is 0.493 e. The summed E-state index contributed by atoms with van der Waals surface area (Å²) >= 11 is 0. The van der Waals surface area contributed by atoms with Crippen molar-refractivity contribution in [2.75, 3.05) is 18.4 Å². The summed E-state index contributed by atoms with van der Waals surface area (Å²) in [7, 11) is 0. The zero-order valence-electron chi connectivity index (χ0n) is 20.3. The second-order valence-corrected chi connectivity index (χ2v) is 9.52. The number of imidazole rings is 1. The fraction of sp³-hybridized carbons (Fsp3) is 0.320. The van der Waals surface area contributed by atoms with E-state index in [4.69, 9.17) is 4.99 Å². The van der Waals surface area contributed by atoms with Crippen LogP contribution < -0.4 is 32.3 Å². The maximum absolute atomic E-state index is 15.1. The lowest BCUT2D eigenvalue weighted by Gasteiger charge is -2.23. The number of amides is 1. The molecule has 1 aliphatic carbocycles. The average molecular weight is 520 g/mol. The number of fused-ring (bicyclic) bond motifs is 1. The van der Waals surface area contributed by atoms with Gasteiger partial charge in [0.25, 0.3) is 5.91 Å². The summed E-state index contributed by atoms with van der Waals surface area (Å²) in [6.07, 6.45) is 6.88. The van der Waals surface area contributed by atoms with Gasteiger partial charge in [0.05, 0.1) is 17.9 Å². The van der Waals surface area contributed by atoms with Crippen LogP contribution in [0, 0.1) is 5.82 Å². The van der Waals surface area contributed by atoms with Crippen LogP contribution in [-0.2, 0) is 0 Å². The Morgan fingerprint density at radius 2 is 2.11 bits per heavy atom. The van der Waals surface area contributed by atoms with Gasteiger partial charge in [-0.15, -0.1) is 0 Å². The van der Waals surface area contributed by atoms with Crippen molar-refractivity contribution in [2.45, 2.75) is 37.8 Å². The van der Waals surface area contributed by atoms with Crippen LogP contribution in [0.25, 0.3) is 11.7 Å². The highest BCUT2D eigenvalue weighted by atomic mass is 19.1. The van der Waals surface area contributed by atoms with Crippen LogP contribution in [0.15, 0.2) is 40.2 Å². The Morgan fingerprint density at radius 1 is 1.24 bits per heavy atom. The number of aromatic nitrogens is 5. The Hall–Kier alpha value is -4.52. The van der Waals surface area contributed by atoms with E-state index < -0.39 is 11.5 Å². The van der Waals surface area contributed by atoms with E-state index in [-0.39, 0.29) is 40.8 Å². The Bertz CT molecular complexity index is 1700. The van der Waals surface area contributed by atoms with E-state index in [0.717, 1.165) is 32.2 Å². The van der Waals surface area contributed by atoms with Crippen molar-refractivity contribution in [3.63, 3.8) is 0 Å². The summed E-state index contributed by atoms with van der Waals surface area (Å²) in [5.74, 6) is -0.905. The quantitative estimate of drug-likeness (QED) is 0.215. The molecule has 2 aliphatic rings. The van der Waals surface area contributed by atoms with E-state index in [1.54, 1.807) is 22.8 Å². The molecule has 1 aromatic carbocycles. The minimum atomic E-state index is -0.600. The van der Waals surface area contributed by atoms with Gasteiger partial charge >= 0.3 is 5.69 Å². The van der Waals surface area contributed by atoms with Crippen LogP contribution >= 0.6 is 0 Å². The summed E-state index contributed by atoms with van der Waals surface area (Å²) < 4.78 is 16.6. The molecule has 4 heterocycles. The standard InChI is InChI=1S/C25H26FN9O3/c26-17-8-13(23(36)30-16-2-1-7-27-12-16)3-6-18(17)31-20-10-21(29-15-4-5-15)35-22(33-20)14(11-28-35)9-19-24(37)34-25(38)32-19/h3,6,8-11,15-16,27,31,37H,1-2,4-5,7,12H2,(H,30,36)(H2,32,34,38)/b14-9+,29-21?. The number of benzene rings is 1. The number of anilines is 2. The third-order valence-electron chi connectivity index (χ3n) is 6.50. The zero-order chi connectivity index (χ0) is 26.2. The summed E-state index contributed by atoms with van der Waals surface area (Å²) in [5, 5.41) is 24.0. The molecular weight excluding hydrogens is 493 g/mol. The average Bonchev–Trinajstić information content (AvgIpc) is 3.54. The number of carbonyl (C=O) groups is 1. The first-order valence-electron chi connectivity index (χ1n) is 12.5. The smallest absolute Gasteiger partial charge is 0.326 e. The highest BCUT2D eigenvalue weighted by molar-refractivity contribution is 5.94. The van der Waals surface area contributed by atoms with Gasteiger partial charge in [0.1, 0.15) is 17.3 Å². The maximum Gasteiger partial charge on any atom is 0.326 e. The fourth-order valence-corrected chi connectivity index (χ4v) is 4.40. The van der Waals surface area contributed by atoms with Gasteiger partial charge in [-0.2, -0.15) is 9.61 Å². The van der Waals surface area contributed by atoms with E-state index >= 15 is 4.39 Å². The zero-order valence-corrected chi connectivity index (χ0v) is 20.3. The van der Waals surface area contributed by atoms with Crippen LogP contribution in [0.4, 0.5) is 15.9 Å². The van der Waals surface area contributed by atoms with Crippen molar-refractivity contribution in [2.24, 2.45) is 4.99 Å². The number of aromatic amines is 2. The number of hydrogen-bond donors (Lipinski definition) is 6. The molecule has 1 atom stereocenters. The minimum Gasteiger partial charge on any atom is -0.493 e. The van der Waals surface area contributed by atoms with Gasteiger partial charge in [-0.05, 0) is 56.5 Å². The number of aromatic hydroxyl groups is 1.